The minimum absolute atomic E-state index is 0.0182. The molecule has 2 fully saturated rings. The summed E-state index contributed by atoms with van der Waals surface area (Å²) in [6.45, 7) is 0. The van der Waals surface area contributed by atoms with Crippen molar-refractivity contribution in [2.75, 3.05) is 10.6 Å². The number of alkyl halides is 3. The number of hydrogen-bond donors (Lipinski definition) is 2. The molecule has 2 N–H and O–H groups in total. The van der Waals surface area contributed by atoms with Crippen LogP contribution in [0.25, 0.3) is 22.0 Å². The summed E-state index contributed by atoms with van der Waals surface area (Å²) in [5.74, 6) is 1.11. The van der Waals surface area contributed by atoms with E-state index < -0.39 is 27.9 Å². The maximum Gasteiger partial charge on any atom is 0.281 e. The molecule has 0 aliphatic heterocycles. The van der Waals surface area contributed by atoms with E-state index in [9.17, 15) is 21.6 Å². The summed E-state index contributed by atoms with van der Waals surface area (Å²) >= 11 is 1.10. The second-order valence-corrected chi connectivity index (χ2v) is 12.8. The molecule has 0 aromatic carbocycles. The molecule has 2 saturated carbocycles. The maximum absolute atomic E-state index is 13.7. The van der Waals surface area contributed by atoms with Crippen LogP contribution in [-0.4, -0.2) is 55.0 Å². The summed E-state index contributed by atoms with van der Waals surface area (Å²) in [5.41, 5.74) is 1.35. The molecule has 4 aromatic heterocycles. The zero-order valence-electron chi connectivity index (χ0n) is 21.0. The number of halogens is 3. The van der Waals surface area contributed by atoms with Gasteiger partial charge in [0.2, 0.25) is 0 Å². The summed E-state index contributed by atoms with van der Waals surface area (Å²) in [6, 6.07) is 3.39. The smallest absolute Gasteiger partial charge is 0.281 e. The Morgan fingerprint density at radius 1 is 1.02 bits per heavy atom. The lowest BCUT2D eigenvalue weighted by atomic mass is 9.93. The lowest BCUT2D eigenvalue weighted by Crippen LogP contribution is -2.27. The Labute approximate surface area is 232 Å². The van der Waals surface area contributed by atoms with Crippen molar-refractivity contribution in [1.82, 2.24) is 29.1 Å². The van der Waals surface area contributed by atoms with Gasteiger partial charge in [0.1, 0.15) is 28.5 Å². The van der Waals surface area contributed by atoms with E-state index in [1.807, 2.05) is 0 Å². The van der Waals surface area contributed by atoms with E-state index in [-0.39, 0.29) is 17.6 Å². The highest BCUT2D eigenvalue weighted by Gasteiger charge is 2.37. The van der Waals surface area contributed by atoms with Crippen molar-refractivity contribution in [1.29, 1.82) is 0 Å². The van der Waals surface area contributed by atoms with Gasteiger partial charge in [-0.1, -0.05) is 0 Å². The highest BCUT2D eigenvalue weighted by molar-refractivity contribution is 7.90. The highest BCUT2D eigenvalue weighted by Crippen LogP contribution is 2.36. The molecule has 0 atom stereocenters. The molecule has 15 heteroatoms. The van der Waals surface area contributed by atoms with Gasteiger partial charge < -0.3 is 10.6 Å². The van der Waals surface area contributed by atoms with Crippen molar-refractivity contribution >= 4 is 38.7 Å². The third kappa shape index (κ3) is 5.66. The van der Waals surface area contributed by atoms with Crippen LogP contribution < -0.4 is 10.6 Å². The molecule has 0 unspecified atom stereocenters. The van der Waals surface area contributed by atoms with Crippen LogP contribution in [0.4, 0.5) is 30.5 Å². The van der Waals surface area contributed by atoms with E-state index in [0.29, 0.717) is 72.0 Å². The van der Waals surface area contributed by atoms with E-state index >= 15 is 0 Å². The number of anilines is 3. The predicted molar refractivity (Wildman–Crippen MR) is 145 cm³/mol. The van der Waals surface area contributed by atoms with E-state index in [4.69, 9.17) is 0 Å². The summed E-state index contributed by atoms with van der Waals surface area (Å²) in [5, 5.41) is 11.9. The molecule has 4 heterocycles. The van der Waals surface area contributed by atoms with Gasteiger partial charge in [-0.3, -0.25) is 0 Å². The molecular weight excluding hydrogens is 565 g/mol. The van der Waals surface area contributed by atoms with Gasteiger partial charge in [-0.2, -0.15) is 9.19 Å². The number of nitrogens with one attached hydrogen (secondary N) is 2. The SMILES string of the molecule is O=S(=O)(C1CC1)n1cc(-c2nccc(Nc3cc(NC4CCC(F)CC4)c(-c4nc(C(F)F)cs4)cn3)n2)cn1. The summed E-state index contributed by atoms with van der Waals surface area (Å²) in [4.78, 5) is 17.3. The van der Waals surface area contributed by atoms with E-state index in [1.165, 1.54) is 24.0 Å². The third-order valence-corrected chi connectivity index (χ3v) is 9.76. The van der Waals surface area contributed by atoms with E-state index in [1.54, 1.807) is 18.3 Å². The van der Waals surface area contributed by atoms with Crippen LogP contribution in [0.15, 0.2) is 42.3 Å². The Morgan fingerprint density at radius 3 is 2.55 bits per heavy atom. The van der Waals surface area contributed by atoms with Gasteiger partial charge in [-0.15, -0.1) is 11.3 Å². The summed E-state index contributed by atoms with van der Waals surface area (Å²) in [6.07, 6.45) is 5.85. The van der Waals surface area contributed by atoms with Crippen molar-refractivity contribution in [3.8, 4) is 22.0 Å². The second kappa shape index (κ2) is 10.8. The molecular formula is C25H25F3N8O2S2. The second-order valence-electron chi connectivity index (χ2n) is 9.82. The largest absolute Gasteiger partial charge is 0.382 e. The fraction of sp³-hybridized carbons (Fsp3) is 0.400. The van der Waals surface area contributed by atoms with Crippen molar-refractivity contribution in [2.24, 2.45) is 0 Å². The monoisotopic (exact) mass is 590 g/mol. The lowest BCUT2D eigenvalue weighted by Gasteiger charge is -2.27. The van der Waals surface area contributed by atoms with Crippen LogP contribution >= 0.6 is 11.3 Å². The fourth-order valence-electron chi connectivity index (χ4n) is 4.52. The molecule has 6 rings (SSSR count). The molecule has 0 saturated heterocycles. The number of aromatic nitrogens is 6. The van der Waals surface area contributed by atoms with Crippen molar-refractivity contribution in [3.63, 3.8) is 0 Å². The predicted octanol–water partition coefficient (Wildman–Crippen LogP) is 5.57. The lowest BCUT2D eigenvalue weighted by molar-refractivity contribution is 0.147. The van der Waals surface area contributed by atoms with Gasteiger partial charge in [-0.25, -0.2) is 41.5 Å². The molecule has 40 heavy (non-hydrogen) atoms. The highest BCUT2D eigenvalue weighted by atomic mass is 32.2. The first-order chi connectivity index (χ1) is 19.3. The van der Waals surface area contributed by atoms with E-state index in [2.05, 4.69) is 35.7 Å². The van der Waals surface area contributed by atoms with Gasteiger partial charge in [0.05, 0.1) is 28.8 Å². The van der Waals surface area contributed by atoms with Gasteiger partial charge in [0, 0.05) is 35.6 Å². The van der Waals surface area contributed by atoms with Crippen LogP contribution in [0.3, 0.4) is 0 Å². The molecule has 4 aromatic rings. The Hall–Kier alpha value is -3.59. The summed E-state index contributed by atoms with van der Waals surface area (Å²) in [7, 11) is -3.51. The fourth-order valence-corrected chi connectivity index (χ4v) is 6.83. The minimum atomic E-state index is -3.51. The molecule has 0 bridgehead atoms. The zero-order chi connectivity index (χ0) is 27.9. The average molecular weight is 591 g/mol. The van der Waals surface area contributed by atoms with Crippen LogP contribution in [0, 0.1) is 0 Å². The zero-order valence-corrected chi connectivity index (χ0v) is 22.7. The number of rotatable bonds is 9. The normalized spacial score (nSPS) is 19.6. The Kier molecular flexibility index (Phi) is 7.16. The van der Waals surface area contributed by atoms with Gasteiger partial charge in [0.15, 0.2) is 5.82 Å². The van der Waals surface area contributed by atoms with E-state index in [0.717, 1.165) is 15.4 Å². The molecule has 10 nitrogen and oxygen atoms in total. The first-order valence-electron chi connectivity index (χ1n) is 12.8. The number of pyridine rings is 1. The van der Waals surface area contributed by atoms with Gasteiger partial charge in [0.25, 0.3) is 16.4 Å². The minimum Gasteiger partial charge on any atom is -0.382 e. The Bertz CT molecular complexity index is 1620. The van der Waals surface area contributed by atoms with Crippen LogP contribution in [-0.2, 0) is 10.0 Å². The van der Waals surface area contributed by atoms with Crippen molar-refractivity contribution in [2.45, 2.75) is 62.4 Å². The van der Waals surface area contributed by atoms with Crippen molar-refractivity contribution in [3.05, 3.63) is 48.0 Å². The molecule has 2 aliphatic rings. The topological polar surface area (TPSA) is 128 Å². The first kappa shape index (κ1) is 26.6. The van der Waals surface area contributed by atoms with Gasteiger partial charge >= 0.3 is 0 Å². The molecule has 0 spiro atoms. The number of nitrogens with zero attached hydrogens (tertiary/aromatic N) is 6. The van der Waals surface area contributed by atoms with Crippen LogP contribution in [0.2, 0.25) is 0 Å². The number of thiazole rings is 1. The molecule has 0 radical (unpaired) electrons. The standard InChI is InChI=1S/C25H25F3N8O2S2/c26-15-1-3-16(4-2-15)32-19-9-22(30-11-18(19)25-33-20(13-39-25)23(27)28)34-21-7-8-29-24(35-21)14-10-31-36(12-14)40(37,38)17-5-6-17/h7-13,15-17,23H,1-6H2,(H2,29,30,32,34,35). The van der Waals surface area contributed by atoms with Crippen LogP contribution in [0.1, 0.15) is 50.6 Å². The van der Waals surface area contributed by atoms with Crippen molar-refractivity contribution < 1.29 is 21.6 Å². The molecule has 210 valence electrons. The first-order valence-corrected chi connectivity index (χ1v) is 15.2. The molecule has 2 aliphatic carbocycles. The Balaban J connectivity index is 1.26. The van der Waals surface area contributed by atoms with Gasteiger partial charge in [-0.05, 0) is 44.6 Å². The number of hydrogen-bond acceptors (Lipinski definition) is 10. The average Bonchev–Trinajstić information content (AvgIpc) is 3.48. The quantitative estimate of drug-likeness (QED) is 0.257. The van der Waals surface area contributed by atoms with Crippen LogP contribution in [0.5, 0.6) is 0 Å². The third-order valence-electron chi connectivity index (χ3n) is 6.83. The summed E-state index contributed by atoms with van der Waals surface area (Å²) < 4.78 is 66.0. The Morgan fingerprint density at radius 2 is 1.82 bits per heavy atom. The molecule has 0 amide bonds. The maximum atomic E-state index is 13.7.